The maximum Gasteiger partial charge on any atom is 0.305 e. The third-order valence-electron chi connectivity index (χ3n) is 13.6. The van der Waals surface area contributed by atoms with E-state index in [4.69, 9.17) is 4.74 Å². The molecule has 0 aromatic carbocycles. The van der Waals surface area contributed by atoms with Crippen LogP contribution in [0.1, 0.15) is 322 Å². The summed E-state index contributed by atoms with van der Waals surface area (Å²) < 4.78 is 5.48. The Morgan fingerprint density at radius 3 is 1.11 bits per heavy atom. The van der Waals surface area contributed by atoms with E-state index in [1.165, 1.54) is 244 Å². The summed E-state index contributed by atoms with van der Waals surface area (Å²) in [6.45, 7) is 4.94. The molecule has 380 valence electrons. The van der Waals surface area contributed by atoms with Crippen molar-refractivity contribution in [3.8, 4) is 0 Å². The van der Waals surface area contributed by atoms with Gasteiger partial charge in [0, 0.05) is 12.8 Å². The minimum Gasteiger partial charge on any atom is -0.466 e. The molecule has 0 aliphatic carbocycles. The number of aliphatic hydroxyl groups is 2. The monoisotopic (exact) mass is 904 g/mol. The van der Waals surface area contributed by atoms with E-state index in [1.54, 1.807) is 0 Å². The van der Waals surface area contributed by atoms with Crippen LogP contribution in [0.15, 0.2) is 12.2 Å². The van der Waals surface area contributed by atoms with Gasteiger partial charge in [-0.15, -0.1) is 0 Å². The minimum atomic E-state index is -0.661. The van der Waals surface area contributed by atoms with Crippen LogP contribution in [-0.2, 0) is 14.3 Å². The van der Waals surface area contributed by atoms with Crippen molar-refractivity contribution in [3.05, 3.63) is 12.2 Å². The van der Waals surface area contributed by atoms with Crippen LogP contribution < -0.4 is 5.32 Å². The average molecular weight is 905 g/mol. The molecule has 0 spiro atoms. The highest BCUT2D eigenvalue weighted by Crippen LogP contribution is 2.17. The Morgan fingerprint density at radius 2 is 0.734 bits per heavy atom. The van der Waals surface area contributed by atoms with Gasteiger partial charge < -0.3 is 20.3 Å². The number of allylic oxidation sites excluding steroid dienone is 2. The second kappa shape index (κ2) is 54.2. The number of hydrogen-bond acceptors (Lipinski definition) is 5. The molecule has 0 fully saturated rings. The van der Waals surface area contributed by atoms with Gasteiger partial charge in [-0.1, -0.05) is 270 Å². The highest BCUT2D eigenvalue weighted by Gasteiger charge is 2.20. The highest BCUT2D eigenvalue weighted by atomic mass is 16.5. The zero-order chi connectivity index (χ0) is 46.5. The number of ether oxygens (including phenoxy) is 1. The van der Waals surface area contributed by atoms with E-state index in [-0.39, 0.29) is 18.5 Å². The van der Waals surface area contributed by atoms with E-state index < -0.39 is 12.1 Å². The topological polar surface area (TPSA) is 95.9 Å². The fourth-order valence-electron chi connectivity index (χ4n) is 9.11. The lowest BCUT2D eigenvalue weighted by Crippen LogP contribution is -2.45. The van der Waals surface area contributed by atoms with Gasteiger partial charge >= 0.3 is 5.97 Å². The Kier molecular flexibility index (Phi) is 53.0. The third kappa shape index (κ3) is 50.0. The van der Waals surface area contributed by atoms with E-state index >= 15 is 0 Å². The molecule has 0 saturated carbocycles. The van der Waals surface area contributed by atoms with Crippen LogP contribution in [0.5, 0.6) is 0 Å². The van der Waals surface area contributed by atoms with Gasteiger partial charge in [-0.25, -0.2) is 0 Å². The summed E-state index contributed by atoms with van der Waals surface area (Å²) in [6, 6.07) is -0.539. The molecule has 0 aromatic heterocycles. The summed E-state index contributed by atoms with van der Waals surface area (Å²) >= 11 is 0. The molecule has 0 heterocycles. The number of aliphatic hydroxyl groups excluding tert-OH is 2. The van der Waals surface area contributed by atoms with Crippen LogP contribution in [0.2, 0.25) is 0 Å². The largest absolute Gasteiger partial charge is 0.466 e. The molecular formula is C58H113NO5. The van der Waals surface area contributed by atoms with Crippen LogP contribution in [0.3, 0.4) is 0 Å². The molecule has 0 bridgehead atoms. The lowest BCUT2D eigenvalue weighted by atomic mass is 10.0. The summed E-state index contributed by atoms with van der Waals surface area (Å²) in [5, 5.41) is 23.1. The molecule has 0 aliphatic heterocycles. The maximum atomic E-state index is 12.4. The molecule has 0 aromatic rings. The molecule has 0 aliphatic rings. The van der Waals surface area contributed by atoms with Gasteiger partial charge in [0.2, 0.25) is 5.91 Å². The van der Waals surface area contributed by atoms with Gasteiger partial charge in [-0.2, -0.15) is 0 Å². The summed E-state index contributed by atoms with van der Waals surface area (Å²) in [5.74, 6) is -0.0302. The van der Waals surface area contributed by atoms with Crippen molar-refractivity contribution in [3.63, 3.8) is 0 Å². The second-order valence-electron chi connectivity index (χ2n) is 20.0. The first-order valence-corrected chi connectivity index (χ1v) is 28.9. The molecule has 0 rings (SSSR count). The zero-order valence-electron chi connectivity index (χ0n) is 43.3. The third-order valence-corrected chi connectivity index (χ3v) is 13.6. The molecular weight excluding hydrogens is 791 g/mol. The Labute approximate surface area is 399 Å². The molecule has 6 heteroatoms. The number of carbonyl (C=O) groups excluding carboxylic acids is 2. The fourth-order valence-corrected chi connectivity index (χ4v) is 9.11. The number of nitrogens with one attached hydrogen (secondary N) is 1. The van der Waals surface area contributed by atoms with E-state index in [0.29, 0.717) is 25.9 Å². The van der Waals surface area contributed by atoms with Gasteiger partial charge in [0.15, 0.2) is 0 Å². The first-order valence-electron chi connectivity index (χ1n) is 28.9. The average Bonchev–Trinajstić information content (AvgIpc) is 3.29. The Morgan fingerprint density at radius 1 is 0.422 bits per heavy atom. The molecule has 2 unspecified atom stereocenters. The number of carbonyl (C=O) groups is 2. The number of unbranched alkanes of at least 4 members (excludes halogenated alkanes) is 41. The van der Waals surface area contributed by atoms with Crippen molar-refractivity contribution in [2.24, 2.45) is 0 Å². The van der Waals surface area contributed by atoms with Gasteiger partial charge in [0.25, 0.3) is 0 Å². The van der Waals surface area contributed by atoms with Gasteiger partial charge in [0.05, 0.1) is 25.4 Å². The molecule has 0 saturated heterocycles. The Bertz CT molecular complexity index is 955. The van der Waals surface area contributed by atoms with Crippen molar-refractivity contribution in [2.75, 3.05) is 13.2 Å². The molecule has 6 nitrogen and oxygen atoms in total. The van der Waals surface area contributed by atoms with E-state index in [1.807, 2.05) is 0 Å². The Balaban J connectivity index is 3.35. The summed E-state index contributed by atoms with van der Waals surface area (Å²) in [4.78, 5) is 24.5. The summed E-state index contributed by atoms with van der Waals surface area (Å²) in [5.41, 5.74) is 0. The molecule has 0 radical (unpaired) electrons. The van der Waals surface area contributed by atoms with Gasteiger partial charge in [0.1, 0.15) is 0 Å². The first kappa shape index (κ1) is 62.6. The molecule has 2 atom stereocenters. The van der Waals surface area contributed by atoms with Crippen molar-refractivity contribution in [2.45, 2.75) is 334 Å². The van der Waals surface area contributed by atoms with Crippen molar-refractivity contribution < 1.29 is 24.5 Å². The predicted octanol–water partition coefficient (Wildman–Crippen LogP) is 17.7. The Hall–Kier alpha value is -1.40. The standard InChI is InChI=1S/C58H113NO5/c1-3-5-7-9-11-13-15-16-25-29-32-36-40-44-48-52-58(63)64-53-49-45-41-37-33-30-27-24-22-20-18-17-19-21-23-26-28-31-35-39-43-47-51-57(62)59-55(54-60)56(61)50-46-42-38-34-14-12-10-8-6-4-2/h16,25,55-56,60-61H,3-15,17-24,26-54H2,1-2H3,(H,59,62)/b25-16-. The van der Waals surface area contributed by atoms with Crippen LogP contribution in [0.4, 0.5) is 0 Å². The van der Waals surface area contributed by atoms with Crippen molar-refractivity contribution in [1.29, 1.82) is 0 Å². The van der Waals surface area contributed by atoms with Crippen LogP contribution >= 0.6 is 0 Å². The summed E-state index contributed by atoms with van der Waals surface area (Å²) in [7, 11) is 0. The number of esters is 1. The van der Waals surface area contributed by atoms with Crippen LogP contribution in [0, 0.1) is 0 Å². The second-order valence-corrected chi connectivity index (χ2v) is 20.0. The van der Waals surface area contributed by atoms with Gasteiger partial charge in [-0.05, 0) is 51.4 Å². The highest BCUT2D eigenvalue weighted by molar-refractivity contribution is 5.76. The van der Waals surface area contributed by atoms with Crippen LogP contribution in [0.25, 0.3) is 0 Å². The van der Waals surface area contributed by atoms with Crippen molar-refractivity contribution in [1.82, 2.24) is 5.32 Å². The fraction of sp³-hybridized carbons (Fsp3) is 0.931. The zero-order valence-corrected chi connectivity index (χ0v) is 43.3. The molecule has 64 heavy (non-hydrogen) atoms. The molecule has 3 N–H and O–H groups in total. The smallest absolute Gasteiger partial charge is 0.305 e. The predicted molar refractivity (Wildman–Crippen MR) is 278 cm³/mol. The lowest BCUT2D eigenvalue weighted by Gasteiger charge is -2.22. The normalized spacial score (nSPS) is 12.6. The minimum absolute atomic E-state index is 0.00563. The van der Waals surface area contributed by atoms with Gasteiger partial charge in [-0.3, -0.25) is 9.59 Å². The lowest BCUT2D eigenvalue weighted by molar-refractivity contribution is -0.143. The number of rotatable bonds is 54. The number of hydrogen-bond donors (Lipinski definition) is 3. The summed E-state index contributed by atoms with van der Waals surface area (Å²) in [6.07, 6.45) is 63.6. The number of amides is 1. The van der Waals surface area contributed by atoms with Crippen molar-refractivity contribution >= 4 is 11.9 Å². The molecule has 1 amide bonds. The maximum absolute atomic E-state index is 12.4. The quantitative estimate of drug-likeness (QED) is 0.0321. The van der Waals surface area contributed by atoms with E-state index in [0.717, 1.165) is 44.9 Å². The van der Waals surface area contributed by atoms with E-state index in [2.05, 4.69) is 31.3 Å². The van der Waals surface area contributed by atoms with E-state index in [9.17, 15) is 19.8 Å². The first-order chi connectivity index (χ1) is 31.5. The van der Waals surface area contributed by atoms with Crippen LogP contribution in [-0.4, -0.2) is 47.4 Å². The SMILES string of the molecule is CCCCCCCC/C=C\CCCCCCCC(=O)OCCCCCCCCCCCCCCCCCCCCCCCCC(=O)NC(CO)C(O)CCCCCCCCCCCC.